The van der Waals surface area contributed by atoms with Crippen molar-refractivity contribution in [1.29, 1.82) is 0 Å². The van der Waals surface area contributed by atoms with Crippen molar-refractivity contribution in [2.24, 2.45) is 0 Å². The van der Waals surface area contributed by atoms with Crippen molar-refractivity contribution in [3.8, 4) is 39.3 Å². The lowest BCUT2D eigenvalue weighted by atomic mass is 9.95. The third-order valence-electron chi connectivity index (χ3n) is 11.8. The first-order valence-electron chi connectivity index (χ1n) is 19.6. The maximum Gasteiger partial charge on any atom is 0.0641 e. The summed E-state index contributed by atoms with van der Waals surface area (Å²) in [6.07, 6.45) is 0. The summed E-state index contributed by atoms with van der Waals surface area (Å²) in [6.45, 7) is 0. The van der Waals surface area contributed by atoms with E-state index < -0.39 is 0 Å². The average molecular weight is 726 g/mol. The van der Waals surface area contributed by atoms with Gasteiger partial charge in [0.05, 0.1) is 33.1 Å². The van der Waals surface area contributed by atoms with Crippen LogP contribution in [0.2, 0.25) is 0 Å². The molecule has 266 valence electrons. The van der Waals surface area contributed by atoms with Gasteiger partial charge in [-0.2, -0.15) is 0 Å². The fourth-order valence-corrected chi connectivity index (χ4v) is 9.41. The van der Waals surface area contributed by atoms with E-state index in [-0.39, 0.29) is 0 Å². The number of para-hydroxylation sites is 6. The third-order valence-corrected chi connectivity index (χ3v) is 11.8. The van der Waals surface area contributed by atoms with Gasteiger partial charge in [0.25, 0.3) is 0 Å². The van der Waals surface area contributed by atoms with E-state index in [2.05, 4.69) is 226 Å². The van der Waals surface area contributed by atoms with Gasteiger partial charge in [0.2, 0.25) is 0 Å². The van der Waals surface area contributed by atoms with Gasteiger partial charge in [-0.15, -0.1) is 0 Å². The van der Waals surface area contributed by atoms with Crippen molar-refractivity contribution >= 4 is 65.4 Å². The number of aromatic nitrogens is 3. The number of nitrogens with zero attached hydrogens (tertiary/aromatic N) is 3. The highest BCUT2D eigenvalue weighted by molar-refractivity contribution is 6.29. The zero-order chi connectivity index (χ0) is 37.5. The first kappa shape index (κ1) is 31.7. The van der Waals surface area contributed by atoms with Crippen molar-refractivity contribution < 1.29 is 0 Å². The Morgan fingerprint density at radius 3 is 1.28 bits per heavy atom. The SMILES string of the molecule is c1ccc(-n2c3ccccc3c3c2c(-c2cccc(-c4cccc(-n5c6ccccc6c6ccccc65)c4)c2)cc2c4ccccc4n(-c4ccccc4)c23)cc1. The summed E-state index contributed by atoms with van der Waals surface area (Å²) in [7, 11) is 0. The molecular weight excluding hydrogens is 691 g/mol. The summed E-state index contributed by atoms with van der Waals surface area (Å²) in [5.74, 6) is 0. The molecule has 3 aromatic heterocycles. The van der Waals surface area contributed by atoms with Crippen LogP contribution in [0.1, 0.15) is 0 Å². The summed E-state index contributed by atoms with van der Waals surface area (Å²) in [5.41, 5.74) is 15.4. The molecule has 0 aliphatic carbocycles. The van der Waals surface area contributed by atoms with Gasteiger partial charge in [0.15, 0.2) is 0 Å². The maximum atomic E-state index is 2.47. The molecule has 0 aliphatic heterocycles. The Morgan fingerprint density at radius 2 is 0.667 bits per heavy atom. The summed E-state index contributed by atoms with van der Waals surface area (Å²) < 4.78 is 7.34. The molecule has 0 radical (unpaired) electrons. The van der Waals surface area contributed by atoms with Crippen molar-refractivity contribution in [2.45, 2.75) is 0 Å². The van der Waals surface area contributed by atoms with Gasteiger partial charge >= 0.3 is 0 Å². The molecule has 12 rings (SSSR count). The van der Waals surface area contributed by atoms with Gasteiger partial charge in [-0.25, -0.2) is 0 Å². The van der Waals surface area contributed by atoms with Gasteiger partial charge in [0, 0.05) is 54.9 Å². The Hall–Kier alpha value is -7.62. The summed E-state index contributed by atoms with van der Waals surface area (Å²) in [5, 5.41) is 7.50. The molecule has 3 heteroatoms. The van der Waals surface area contributed by atoms with E-state index in [1.807, 2.05) is 0 Å². The molecule has 3 nitrogen and oxygen atoms in total. The molecule has 3 heterocycles. The standard InChI is InChI=1S/C54H35N3/c1-3-20-39(21-4-1)56-50-31-13-9-27-44(50)47-35-46(53-52(54(47)56)45-28-10-14-32-51(45)57(53)40-22-5-2-6-23-40)38-19-15-17-36(33-38)37-18-16-24-41(34-37)55-48-29-11-7-25-42(48)43-26-8-12-30-49(43)55/h1-35H. The molecule has 0 unspecified atom stereocenters. The van der Waals surface area contributed by atoms with Gasteiger partial charge < -0.3 is 13.7 Å². The molecule has 0 amide bonds. The number of rotatable bonds is 5. The van der Waals surface area contributed by atoms with Crippen LogP contribution in [0.4, 0.5) is 0 Å². The van der Waals surface area contributed by atoms with E-state index in [0.717, 1.165) is 17.1 Å². The highest BCUT2D eigenvalue weighted by atomic mass is 15.0. The first-order chi connectivity index (χ1) is 28.3. The predicted octanol–water partition coefficient (Wildman–Crippen LogP) is 14.3. The second-order valence-electron chi connectivity index (χ2n) is 14.9. The molecule has 0 bridgehead atoms. The minimum absolute atomic E-state index is 1.14. The largest absolute Gasteiger partial charge is 0.309 e. The molecule has 0 spiro atoms. The first-order valence-corrected chi connectivity index (χ1v) is 19.6. The van der Waals surface area contributed by atoms with Gasteiger partial charge in [-0.1, -0.05) is 140 Å². The van der Waals surface area contributed by atoms with Crippen LogP contribution >= 0.6 is 0 Å². The molecule has 0 aliphatic rings. The van der Waals surface area contributed by atoms with E-state index in [1.54, 1.807) is 0 Å². The Bertz CT molecular complexity index is 3460. The Kier molecular flexibility index (Phi) is 6.93. The van der Waals surface area contributed by atoms with E-state index in [0.29, 0.717) is 0 Å². The molecular formula is C54H35N3. The van der Waals surface area contributed by atoms with Crippen LogP contribution in [0.3, 0.4) is 0 Å². The Labute approximate surface area is 329 Å². The lowest BCUT2D eigenvalue weighted by molar-refractivity contribution is 1.17. The minimum atomic E-state index is 1.14. The maximum absolute atomic E-state index is 2.47. The highest BCUT2D eigenvalue weighted by Crippen LogP contribution is 2.46. The van der Waals surface area contributed by atoms with E-state index in [9.17, 15) is 0 Å². The molecule has 0 saturated carbocycles. The van der Waals surface area contributed by atoms with Gasteiger partial charge in [-0.3, -0.25) is 0 Å². The quantitative estimate of drug-likeness (QED) is 0.168. The summed E-state index contributed by atoms with van der Waals surface area (Å²) in [6, 6.07) is 77.4. The molecule has 0 N–H and O–H groups in total. The molecule has 57 heavy (non-hydrogen) atoms. The summed E-state index contributed by atoms with van der Waals surface area (Å²) in [4.78, 5) is 0. The second kappa shape index (κ2) is 12.5. The fraction of sp³-hybridized carbons (Fsp3) is 0. The van der Waals surface area contributed by atoms with Crippen LogP contribution in [0.15, 0.2) is 212 Å². The average Bonchev–Trinajstić information content (AvgIpc) is 3.93. The predicted molar refractivity (Wildman–Crippen MR) is 240 cm³/mol. The van der Waals surface area contributed by atoms with Crippen LogP contribution in [0, 0.1) is 0 Å². The number of hydrogen-bond acceptors (Lipinski definition) is 0. The smallest absolute Gasteiger partial charge is 0.0641 e. The minimum Gasteiger partial charge on any atom is -0.309 e. The molecule has 0 atom stereocenters. The Morgan fingerprint density at radius 1 is 0.246 bits per heavy atom. The van der Waals surface area contributed by atoms with Crippen LogP contribution in [0.5, 0.6) is 0 Å². The van der Waals surface area contributed by atoms with Crippen LogP contribution in [-0.2, 0) is 0 Å². The zero-order valence-electron chi connectivity index (χ0n) is 31.0. The van der Waals surface area contributed by atoms with E-state index in [1.165, 1.54) is 87.7 Å². The second-order valence-corrected chi connectivity index (χ2v) is 14.9. The van der Waals surface area contributed by atoms with Gasteiger partial charge in [-0.05, 0) is 89.5 Å². The zero-order valence-corrected chi connectivity index (χ0v) is 31.0. The number of fused-ring (bicyclic) bond motifs is 10. The molecule has 12 aromatic rings. The molecule has 9 aromatic carbocycles. The van der Waals surface area contributed by atoms with E-state index >= 15 is 0 Å². The third kappa shape index (κ3) is 4.73. The van der Waals surface area contributed by atoms with Crippen molar-refractivity contribution in [3.05, 3.63) is 212 Å². The number of benzene rings is 9. The van der Waals surface area contributed by atoms with Crippen LogP contribution < -0.4 is 0 Å². The van der Waals surface area contributed by atoms with Crippen molar-refractivity contribution in [1.82, 2.24) is 13.7 Å². The summed E-state index contributed by atoms with van der Waals surface area (Å²) >= 11 is 0. The highest BCUT2D eigenvalue weighted by Gasteiger charge is 2.24. The molecule has 0 saturated heterocycles. The fourth-order valence-electron chi connectivity index (χ4n) is 9.41. The van der Waals surface area contributed by atoms with Crippen LogP contribution in [0.25, 0.3) is 105 Å². The Balaban J connectivity index is 1.15. The monoisotopic (exact) mass is 725 g/mol. The topological polar surface area (TPSA) is 14.8 Å². The van der Waals surface area contributed by atoms with Crippen molar-refractivity contribution in [2.75, 3.05) is 0 Å². The lowest BCUT2D eigenvalue weighted by Gasteiger charge is -2.15. The van der Waals surface area contributed by atoms with Crippen LogP contribution in [-0.4, -0.2) is 13.7 Å². The lowest BCUT2D eigenvalue weighted by Crippen LogP contribution is -1.97. The molecule has 0 fully saturated rings. The number of hydrogen-bond donors (Lipinski definition) is 0. The van der Waals surface area contributed by atoms with E-state index in [4.69, 9.17) is 0 Å². The van der Waals surface area contributed by atoms with Gasteiger partial charge in [0.1, 0.15) is 0 Å². The van der Waals surface area contributed by atoms with Crippen molar-refractivity contribution in [3.63, 3.8) is 0 Å². The normalized spacial score (nSPS) is 11.9.